The highest BCUT2D eigenvalue weighted by atomic mass is 16.3. The van der Waals surface area contributed by atoms with Gasteiger partial charge in [0.2, 0.25) is 0 Å². The SMILES string of the molecule is Cc1ccc(C(CN)NC2CCCCC2CO)cc1. The molecule has 0 spiro atoms. The molecule has 19 heavy (non-hydrogen) atoms. The predicted octanol–water partition coefficient (Wildman–Crippen LogP) is 2.14. The standard InChI is InChI=1S/C16H26N2O/c1-12-6-8-13(9-7-12)16(10-17)18-15-5-3-2-4-14(15)11-19/h6-9,14-16,18-19H,2-5,10-11,17H2,1H3. The van der Waals surface area contributed by atoms with Crippen LogP contribution in [-0.4, -0.2) is 24.3 Å². The molecule has 0 aliphatic heterocycles. The van der Waals surface area contributed by atoms with Gasteiger partial charge in [-0.3, -0.25) is 0 Å². The second kappa shape index (κ2) is 7.04. The van der Waals surface area contributed by atoms with Crippen molar-refractivity contribution in [1.82, 2.24) is 5.32 Å². The number of nitrogens with two attached hydrogens (primary N) is 1. The van der Waals surface area contributed by atoms with Gasteiger partial charge in [-0.05, 0) is 31.2 Å². The summed E-state index contributed by atoms with van der Waals surface area (Å²) in [5.74, 6) is 0.383. The molecule has 3 atom stereocenters. The van der Waals surface area contributed by atoms with Crippen molar-refractivity contribution in [1.29, 1.82) is 0 Å². The largest absolute Gasteiger partial charge is 0.396 e. The summed E-state index contributed by atoms with van der Waals surface area (Å²) in [5, 5.41) is 13.1. The maximum Gasteiger partial charge on any atom is 0.0474 e. The van der Waals surface area contributed by atoms with Crippen molar-refractivity contribution in [2.24, 2.45) is 11.7 Å². The van der Waals surface area contributed by atoms with Gasteiger partial charge in [-0.2, -0.15) is 0 Å². The van der Waals surface area contributed by atoms with Crippen LogP contribution < -0.4 is 11.1 Å². The van der Waals surface area contributed by atoms with Gasteiger partial charge in [-0.15, -0.1) is 0 Å². The van der Waals surface area contributed by atoms with Gasteiger partial charge in [0.25, 0.3) is 0 Å². The number of aliphatic hydroxyl groups excluding tert-OH is 1. The first-order valence-corrected chi connectivity index (χ1v) is 7.38. The lowest BCUT2D eigenvalue weighted by Gasteiger charge is -2.34. The first-order chi connectivity index (χ1) is 9.24. The first-order valence-electron chi connectivity index (χ1n) is 7.38. The number of nitrogens with one attached hydrogen (secondary N) is 1. The third kappa shape index (κ3) is 3.78. The third-order valence-electron chi connectivity index (χ3n) is 4.27. The Kier molecular flexibility index (Phi) is 5.37. The van der Waals surface area contributed by atoms with E-state index < -0.39 is 0 Å². The average molecular weight is 262 g/mol. The normalized spacial score (nSPS) is 25.2. The minimum atomic E-state index is 0.192. The minimum Gasteiger partial charge on any atom is -0.396 e. The molecular weight excluding hydrogens is 236 g/mol. The lowest BCUT2D eigenvalue weighted by molar-refractivity contribution is 0.146. The molecule has 0 heterocycles. The van der Waals surface area contributed by atoms with Crippen molar-refractivity contribution in [2.45, 2.75) is 44.7 Å². The molecule has 3 unspecified atom stereocenters. The number of aliphatic hydroxyl groups is 1. The Bertz CT molecular complexity index is 377. The zero-order valence-electron chi connectivity index (χ0n) is 11.8. The first kappa shape index (κ1) is 14.5. The van der Waals surface area contributed by atoms with E-state index in [4.69, 9.17) is 5.73 Å². The van der Waals surface area contributed by atoms with Crippen LogP contribution in [0, 0.1) is 12.8 Å². The molecular formula is C16H26N2O. The molecule has 0 bridgehead atoms. The lowest BCUT2D eigenvalue weighted by Crippen LogP contribution is -2.44. The Labute approximate surface area is 116 Å². The smallest absolute Gasteiger partial charge is 0.0474 e. The Balaban J connectivity index is 2.03. The number of rotatable bonds is 5. The van der Waals surface area contributed by atoms with Crippen LogP contribution in [0.15, 0.2) is 24.3 Å². The molecule has 2 rings (SSSR count). The van der Waals surface area contributed by atoms with E-state index in [1.165, 1.54) is 24.0 Å². The lowest BCUT2D eigenvalue weighted by atomic mass is 9.84. The van der Waals surface area contributed by atoms with Crippen LogP contribution in [0.5, 0.6) is 0 Å². The summed E-state index contributed by atoms with van der Waals surface area (Å²) in [6.45, 7) is 2.97. The second-order valence-corrected chi connectivity index (χ2v) is 5.70. The molecule has 106 valence electrons. The van der Waals surface area contributed by atoms with Crippen LogP contribution in [0.2, 0.25) is 0 Å². The highest BCUT2D eigenvalue weighted by Crippen LogP contribution is 2.26. The van der Waals surface area contributed by atoms with Crippen molar-refractivity contribution in [3.05, 3.63) is 35.4 Å². The molecule has 3 heteroatoms. The van der Waals surface area contributed by atoms with E-state index in [-0.39, 0.29) is 12.6 Å². The van der Waals surface area contributed by atoms with E-state index in [0.717, 1.165) is 12.8 Å². The van der Waals surface area contributed by atoms with E-state index in [2.05, 4.69) is 36.5 Å². The fraction of sp³-hybridized carbons (Fsp3) is 0.625. The van der Waals surface area contributed by atoms with Crippen molar-refractivity contribution in [3.8, 4) is 0 Å². The van der Waals surface area contributed by atoms with Crippen molar-refractivity contribution in [2.75, 3.05) is 13.2 Å². The van der Waals surface area contributed by atoms with Crippen molar-refractivity contribution < 1.29 is 5.11 Å². The highest BCUT2D eigenvalue weighted by Gasteiger charge is 2.26. The van der Waals surface area contributed by atoms with Gasteiger partial charge in [0.05, 0.1) is 0 Å². The minimum absolute atomic E-state index is 0.192. The molecule has 0 radical (unpaired) electrons. The molecule has 1 fully saturated rings. The number of hydrogen-bond acceptors (Lipinski definition) is 3. The van der Waals surface area contributed by atoms with E-state index >= 15 is 0 Å². The van der Waals surface area contributed by atoms with E-state index in [1.54, 1.807) is 0 Å². The average Bonchev–Trinajstić information content (AvgIpc) is 2.46. The maximum absolute atomic E-state index is 9.48. The summed E-state index contributed by atoms with van der Waals surface area (Å²) in [6.07, 6.45) is 4.76. The van der Waals surface area contributed by atoms with Gasteiger partial charge in [0.15, 0.2) is 0 Å². The molecule has 1 saturated carbocycles. The van der Waals surface area contributed by atoms with Crippen LogP contribution in [0.1, 0.15) is 42.9 Å². The molecule has 1 aromatic rings. The van der Waals surface area contributed by atoms with Gasteiger partial charge < -0.3 is 16.2 Å². The van der Waals surface area contributed by atoms with E-state index in [1.807, 2.05) is 0 Å². The Morgan fingerprint density at radius 1 is 1.26 bits per heavy atom. The van der Waals surface area contributed by atoms with Gasteiger partial charge in [-0.1, -0.05) is 42.7 Å². The molecule has 4 N–H and O–H groups in total. The number of hydrogen-bond donors (Lipinski definition) is 3. The molecule has 0 aromatic heterocycles. The van der Waals surface area contributed by atoms with Crippen LogP contribution in [0.25, 0.3) is 0 Å². The van der Waals surface area contributed by atoms with Gasteiger partial charge in [0, 0.05) is 25.2 Å². The topological polar surface area (TPSA) is 58.3 Å². The molecule has 0 saturated heterocycles. The third-order valence-corrected chi connectivity index (χ3v) is 4.27. The van der Waals surface area contributed by atoms with Gasteiger partial charge in [-0.25, -0.2) is 0 Å². The number of aryl methyl sites for hydroxylation is 1. The van der Waals surface area contributed by atoms with Gasteiger partial charge >= 0.3 is 0 Å². The predicted molar refractivity (Wildman–Crippen MR) is 78.9 cm³/mol. The molecule has 1 aliphatic carbocycles. The molecule has 1 aliphatic rings. The monoisotopic (exact) mass is 262 g/mol. The molecule has 1 aromatic carbocycles. The zero-order chi connectivity index (χ0) is 13.7. The van der Waals surface area contributed by atoms with Gasteiger partial charge in [0.1, 0.15) is 0 Å². The van der Waals surface area contributed by atoms with E-state index in [0.29, 0.717) is 18.5 Å². The zero-order valence-corrected chi connectivity index (χ0v) is 11.8. The number of benzene rings is 1. The van der Waals surface area contributed by atoms with Crippen molar-refractivity contribution >= 4 is 0 Å². The quantitative estimate of drug-likeness (QED) is 0.762. The summed E-state index contributed by atoms with van der Waals surface area (Å²) in [5.41, 5.74) is 8.44. The summed E-state index contributed by atoms with van der Waals surface area (Å²) in [7, 11) is 0. The highest BCUT2D eigenvalue weighted by molar-refractivity contribution is 5.24. The Hall–Kier alpha value is -0.900. The molecule has 3 nitrogen and oxygen atoms in total. The summed E-state index contributed by atoms with van der Waals surface area (Å²) < 4.78 is 0. The summed E-state index contributed by atoms with van der Waals surface area (Å²) >= 11 is 0. The Morgan fingerprint density at radius 2 is 1.95 bits per heavy atom. The summed E-state index contributed by atoms with van der Waals surface area (Å²) in [4.78, 5) is 0. The second-order valence-electron chi connectivity index (χ2n) is 5.70. The fourth-order valence-electron chi connectivity index (χ4n) is 3.00. The van der Waals surface area contributed by atoms with Crippen LogP contribution >= 0.6 is 0 Å². The van der Waals surface area contributed by atoms with E-state index in [9.17, 15) is 5.11 Å². The van der Waals surface area contributed by atoms with Crippen LogP contribution in [-0.2, 0) is 0 Å². The summed E-state index contributed by atoms with van der Waals surface area (Å²) in [6, 6.07) is 9.15. The van der Waals surface area contributed by atoms with Crippen LogP contribution in [0.3, 0.4) is 0 Å². The van der Waals surface area contributed by atoms with Crippen molar-refractivity contribution in [3.63, 3.8) is 0 Å². The fourth-order valence-corrected chi connectivity index (χ4v) is 3.00. The maximum atomic E-state index is 9.48. The molecule has 0 amide bonds. The Morgan fingerprint density at radius 3 is 2.58 bits per heavy atom. The van der Waals surface area contributed by atoms with Crippen LogP contribution in [0.4, 0.5) is 0 Å².